The largest absolute Gasteiger partial charge is 0.389 e. The fraction of sp³-hybridized carbons (Fsp3) is 0.0909. The molecule has 20 heavy (non-hydrogen) atoms. The number of hydrogen-bond acceptors (Lipinski definition) is 5. The number of thiazole rings is 1. The fourth-order valence-corrected chi connectivity index (χ4v) is 3.25. The van der Waals surface area contributed by atoms with Crippen molar-refractivity contribution < 1.29 is 12.8 Å². The van der Waals surface area contributed by atoms with Crippen molar-refractivity contribution in [3.63, 3.8) is 0 Å². The summed E-state index contributed by atoms with van der Waals surface area (Å²) >= 11 is 6.01. The van der Waals surface area contributed by atoms with Crippen LogP contribution < -0.4 is 10.5 Å². The molecule has 9 heteroatoms. The topological polar surface area (TPSA) is 85.1 Å². The summed E-state index contributed by atoms with van der Waals surface area (Å²) in [5.41, 5.74) is 6.85. The molecule has 0 aliphatic heterocycles. The van der Waals surface area contributed by atoms with Gasteiger partial charge in [0.2, 0.25) is 10.0 Å². The lowest BCUT2D eigenvalue weighted by molar-refractivity contribution is 0.580. The Kier molecular flexibility index (Phi) is 4.43. The number of benzene rings is 1. The predicted octanol–water partition coefficient (Wildman–Crippen LogP) is 1.39. The summed E-state index contributed by atoms with van der Waals surface area (Å²) < 4.78 is 40.0. The fourth-order valence-electron chi connectivity index (χ4n) is 1.44. The molecular weight excluding hydrogens is 321 g/mol. The second-order valence-corrected chi connectivity index (χ2v) is 6.98. The number of nitrogens with zero attached hydrogens (tertiary/aromatic N) is 1. The third kappa shape index (κ3) is 3.37. The average Bonchev–Trinajstić information content (AvgIpc) is 2.89. The minimum Gasteiger partial charge on any atom is -0.389 e. The van der Waals surface area contributed by atoms with E-state index in [0.717, 1.165) is 23.1 Å². The van der Waals surface area contributed by atoms with Crippen molar-refractivity contribution in [2.24, 2.45) is 5.73 Å². The maximum Gasteiger partial charge on any atom is 0.240 e. The van der Waals surface area contributed by atoms with Gasteiger partial charge in [-0.05, 0) is 18.2 Å². The van der Waals surface area contributed by atoms with E-state index in [9.17, 15) is 12.8 Å². The van der Waals surface area contributed by atoms with Gasteiger partial charge in [0.25, 0.3) is 0 Å². The second-order valence-electron chi connectivity index (χ2n) is 3.80. The molecule has 0 unspecified atom stereocenters. The summed E-state index contributed by atoms with van der Waals surface area (Å²) in [7, 11) is -3.76. The van der Waals surface area contributed by atoms with Crippen molar-refractivity contribution in [1.82, 2.24) is 9.71 Å². The van der Waals surface area contributed by atoms with E-state index in [1.807, 2.05) is 0 Å². The Morgan fingerprint density at radius 3 is 2.85 bits per heavy atom. The highest BCUT2D eigenvalue weighted by atomic mass is 32.2. The highest BCUT2D eigenvalue weighted by Crippen LogP contribution is 2.16. The molecule has 0 radical (unpaired) electrons. The van der Waals surface area contributed by atoms with E-state index in [1.165, 1.54) is 11.3 Å². The zero-order valence-corrected chi connectivity index (χ0v) is 12.5. The van der Waals surface area contributed by atoms with Crippen LogP contribution in [-0.2, 0) is 16.6 Å². The zero-order chi connectivity index (χ0) is 14.8. The summed E-state index contributed by atoms with van der Waals surface area (Å²) in [5.74, 6) is -0.654. The van der Waals surface area contributed by atoms with Crippen LogP contribution in [0.1, 0.15) is 10.4 Å². The number of sulfonamides is 1. The molecule has 0 spiro atoms. The lowest BCUT2D eigenvalue weighted by Gasteiger charge is -2.08. The van der Waals surface area contributed by atoms with E-state index in [2.05, 4.69) is 21.9 Å². The molecule has 0 aliphatic rings. The molecule has 3 N–H and O–H groups in total. The number of halogens is 1. The monoisotopic (exact) mass is 331 g/mol. The van der Waals surface area contributed by atoms with Crippen molar-refractivity contribution in [2.75, 3.05) is 0 Å². The quantitative estimate of drug-likeness (QED) is 0.809. The lowest BCUT2D eigenvalue weighted by atomic mass is 10.2. The molecule has 1 heterocycles. The van der Waals surface area contributed by atoms with Crippen LogP contribution in [0.15, 0.2) is 34.8 Å². The normalized spacial score (nSPS) is 11.4. The van der Waals surface area contributed by atoms with E-state index in [4.69, 9.17) is 5.73 Å². The first-order valence-electron chi connectivity index (χ1n) is 5.36. The number of hydrogen-bond donors (Lipinski definition) is 2. The van der Waals surface area contributed by atoms with Gasteiger partial charge in [-0.2, -0.15) is 0 Å². The average molecular weight is 331 g/mol. The van der Waals surface area contributed by atoms with Crippen LogP contribution in [0.5, 0.6) is 0 Å². The molecule has 0 aliphatic carbocycles. The van der Waals surface area contributed by atoms with E-state index in [1.54, 1.807) is 11.7 Å². The first kappa shape index (κ1) is 15.0. The summed E-state index contributed by atoms with van der Waals surface area (Å²) in [6.07, 6.45) is 1.57. The molecule has 2 aromatic rings. The first-order chi connectivity index (χ1) is 9.40. The van der Waals surface area contributed by atoms with Crippen LogP contribution in [0.4, 0.5) is 4.39 Å². The summed E-state index contributed by atoms with van der Waals surface area (Å²) in [5, 5.41) is 0. The molecule has 0 bridgehead atoms. The third-order valence-electron chi connectivity index (χ3n) is 2.43. The number of nitrogens with one attached hydrogen (secondary N) is 1. The SMILES string of the molecule is NC(=S)c1cc(S(=O)(=O)NCc2cncs2)ccc1F. The Bertz CT molecular complexity index is 729. The molecule has 0 fully saturated rings. The van der Waals surface area contributed by atoms with Crippen LogP contribution >= 0.6 is 23.6 Å². The number of aromatic nitrogens is 1. The highest BCUT2D eigenvalue weighted by molar-refractivity contribution is 7.89. The minimum atomic E-state index is -3.76. The maximum atomic E-state index is 13.4. The van der Waals surface area contributed by atoms with Crippen molar-refractivity contribution in [1.29, 1.82) is 0 Å². The smallest absolute Gasteiger partial charge is 0.240 e. The molecule has 1 aromatic heterocycles. The van der Waals surface area contributed by atoms with Gasteiger partial charge in [-0.1, -0.05) is 12.2 Å². The van der Waals surface area contributed by atoms with Gasteiger partial charge in [-0.3, -0.25) is 4.98 Å². The van der Waals surface area contributed by atoms with Crippen LogP contribution in [0, 0.1) is 5.82 Å². The van der Waals surface area contributed by atoms with Crippen molar-refractivity contribution in [3.8, 4) is 0 Å². The number of rotatable bonds is 5. The lowest BCUT2D eigenvalue weighted by Crippen LogP contribution is -2.23. The molecule has 2 rings (SSSR count). The number of thiocarbonyl (C=S) groups is 1. The Morgan fingerprint density at radius 1 is 1.50 bits per heavy atom. The van der Waals surface area contributed by atoms with Gasteiger partial charge in [0, 0.05) is 23.2 Å². The van der Waals surface area contributed by atoms with Crippen molar-refractivity contribution in [3.05, 3.63) is 46.2 Å². The molecule has 0 saturated carbocycles. The predicted molar refractivity (Wildman–Crippen MR) is 78.4 cm³/mol. The van der Waals surface area contributed by atoms with E-state index < -0.39 is 15.8 Å². The standard InChI is InChI=1S/C11H10FN3O2S3/c12-10-2-1-8(3-9(10)11(13)18)20(16,17)15-5-7-4-14-6-19-7/h1-4,6,15H,5H2,(H2,13,18). The van der Waals surface area contributed by atoms with Crippen LogP contribution in [-0.4, -0.2) is 18.4 Å². The van der Waals surface area contributed by atoms with Crippen LogP contribution in [0.2, 0.25) is 0 Å². The van der Waals surface area contributed by atoms with Crippen LogP contribution in [0.3, 0.4) is 0 Å². The molecular formula is C11H10FN3O2S3. The van der Waals surface area contributed by atoms with Gasteiger partial charge < -0.3 is 5.73 Å². The van der Waals surface area contributed by atoms with Gasteiger partial charge in [-0.25, -0.2) is 17.5 Å². The highest BCUT2D eigenvalue weighted by Gasteiger charge is 2.17. The van der Waals surface area contributed by atoms with Gasteiger partial charge in [0.1, 0.15) is 10.8 Å². The Hall–Kier alpha value is -1.42. The third-order valence-corrected chi connectivity index (χ3v) is 4.83. The maximum absolute atomic E-state index is 13.4. The van der Waals surface area contributed by atoms with E-state index >= 15 is 0 Å². The van der Waals surface area contributed by atoms with Gasteiger partial charge >= 0.3 is 0 Å². The molecule has 106 valence electrons. The molecule has 0 amide bonds. The molecule has 1 aromatic carbocycles. The number of nitrogens with two attached hydrogens (primary N) is 1. The summed E-state index contributed by atoms with van der Waals surface area (Å²) in [4.78, 5) is 4.33. The van der Waals surface area contributed by atoms with Crippen LogP contribution in [0.25, 0.3) is 0 Å². The Morgan fingerprint density at radius 2 is 2.25 bits per heavy atom. The van der Waals surface area contributed by atoms with Gasteiger partial charge in [-0.15, -0.1) is 11.3 Å². The molecule has 5 nitrogen and oxygen atoms in total. The molecule has 0 atom stereocenters. The Labute approximate surface area is 124 Å². The van der Waals surface area contributed by atoms with Crippen molar-refractivity contribution >= 4 is 38.6 Å². The van der Waals surface area contributed by atoms with E-state index in [-0.39, 0.29) is 22.0 Å². The van der Waals surface area contributed by atoms with Gasteiger partial charge in [0.15, 0.2) is 0 Å². The minimum absolute atomic E-state index is 0.0915. The summed E-state index contributed by atoms with van der Waals surface area (Å²) in [6, 6.07) is 3.30. The Balaban J connectivity index is 2.25. The zero-order valence-electron chi connectivity index (χ0n) is 10.0. The first-order valence-corrected chi connectivity index (χ1v) is 8.13. The molecule has 0 saturated heterocycles. The summed E-state index contributed by atoms with van der Waals surface area (Å²) in [6.45, 7) is 0.118. The van der Waals surface area contributed by atoms with Gasteiger partial charge in [0.05, 0.1) is 10.4 Å². The second kappa shape index (κ2) is 5.92. The van der Waals surface area contributed by atoms with E-state index in [0.29, 0.717) is 0 Å². The van der Waals surface area contributed by atoms with Crippen molar-refractivity contribution in [2.45, 2.75) is 11.4 Å².